The van der Waals surface area contributed by atoms with Crippen LogP contribution in [0.1, 0.15) is 18.4 Å². The number of rotatable bonds is 7. The van der Waals surface area contributed by atoms with Crippen molar-refractivity contribution in [2.45, 2.75) is 18.9 Å². The summed E-state index contributed by atoms with van der Waals surface area (Å²) in [6, 6.07) is 9.28. The van der Waals surface area contributed by atoms with Crippen molar-refractivity contribution in [3.8, 4) is 0 Å². The fourth-order valence-corrected chi connectivity index (χ4v) is 5.36. The summed E-state index contributed by atoms with van der Waals surface area (Å²) in [6.07, 6.45) is 7.57. The van der Waals surface area contributed by atoms with E-state index in [1.54, 1.807) is 6.08 Å². The molecule has 152 valence electrons. The van der Waals surface area contributed by atoms with Crippen LogP contribution in [0.15, 0.2) is 58.9 Å². The number of nitrogens with zero attached hydrogens (tertiary/aromatic N) is 1. The Kier molecular flexibility index (Phi) is 7.05. The molecule has 0 aromatic heterocycles. The molecule has 0 radical (unpaired) electrons. The fourth-order valence-electron chi connectivity index (χ4n) is 2.86. The summed E-state index contributed by atoms with van der Waals surface area (Å²) >= 11 is 6.53. The van der Waals surface area contributed by atoms with Gasteiger partial charge in [0.1, 0.15) is 4.32 Å². The zero-order valence-electron chi connectivity index (χ0n) is 15.5. The lowest BCUT2D eigenvalue weighted by Crippen LogP contribution is -2.36. The van der Waals surface area contributed by atoms with Crippen molar-refractivity contribution in [3.05, 3.63) is 64.4 Å². The average molecular weight is 449 g/mol. The van der Waals surface area contributed by atoms with E-state index in [2.05, 4.69) is 5.32 Å². The van der Waals surface area contributed by atoms with Crippen LogP contribution >= 0.6 is 24.0 Å². The second kappa shape index (κ2) is 9.51. The van der Waals surface area contributed by atoms with Crippen LogP contribution in [0.25, 0.3) is 6.08 Å². The number of hydrogen-bond donors (Lipinski definition) is 1. The van der Waals surface area contributed by atoms with E-state index in [9.17, 15) is 18.0 Å². The van der Waals surface area contributed by atoms with Crippen molar-refractivity contribution in [1.29, 1.82) is 0 Å². The van der Waals surface area contributed by atoms with Crippen molar-refractivity contribution < 1.29 is 18.0 Å². The molecule has 1 atom stereocenters. The monoisotopic (exact) mass is 448 g/mol. The first-order valence-corrected chi connectivity index (χ1v) is 12.0. The van der Waals surface area contributed by atoms with E-state index < -0.39 is 15.9 Å². The fraction of sp³-hybridized carbons (Fsp3) is 0.250. The Labute approximate surface area is 179 Å². The number of sulfone groups is 1. The van der Waals surface area contributed by atoms with Crippen LogP contribution in [0.2, 0.25) is 0 Å². The van der Waals surface area contributed by atoms with Gasteiger partial charge in [-0.15, -0.1) is 0 Å². The molecule has 0 saturated carbocycles. The van der Waals surface area contributed by atoms with E-state index in [-0.39, 0.29) is 24.0 Å². The molecule has 0 aliphatic carbocycles. The average Bonchev–Trinajstić information content (AvgIpc) is 3.15. The first-order chi connectivity index (χ1) is 13.8. The zero-order chi connectivity index (χ0) is 20.9. The number of carbonyl (C=O) groups is 2. The topological polar surface area (TPSA) is 83.6 Å². The molecule has 6 nitrogen and oxygen atoms in total. The van der Waals surface area contributed by atoms with Gasteiger partial charge in [-0.2, -0.15) is 0 Å². The van der Waals surface area contributed by atoms with E-state index in [1.165, 1.54) is 22.7 Å². The minimum atomic E-state index is -3.20. The van der Waals surface area contributed by atoms with Gasteiger partial charge in [-0.25, -0.2) is 8.42 Å². The van der Waals surface area contributed by atoms with Crippen molar-refractivity contribution >= 4 is 56.0 Å². The standard InChI is InChI=1S/C20H20N2O4S3/c23-18(21-16-11-13-29(25,26)14-16)10-5-12-22-19(24)17(28-20(22)27)9-4-8-15-6-2-1-3-7-15/h1-4,6-9,11,13,16H,5,10,12,14H2,(H,21,23)/b8-4+,17-9+/t16-/m1/s1. The number of carbonyl (C=O) groups excluding carboxylic acids is 2. The predicted octanol–water partition coefficient (Wildman–Crippen LogP) is 2.65. The van der Waals surface area contributed by atoms with Gasteiger partial charge in [0, 0.05) is 18.4 Å². The highest BCUT2D eigenvalue weighted by atomic mass is 32.2. The summed E-state index contributed by atoms with van der Waals surface area (Å²) in [5, 5.41) is 3.79. The molecule has 0 bridgehead atoms. The van der Waals surface area contributed by atoms with Crippen LogP contribution in [0, 0.1) is 0 Å². The number of benzene rings is 1. The van der Waals surface area contributed by atoms with E-state index in [4.69, 9.17) is 12.2 Å². The molecule has 0 spiro atoms. The van der Waals surface area contributed by atoms with Crippen LogP contribution in [0.3, 0.4) is 0 Å². The van der Waals surface area contributed by atoms with Crippen LogP contribution in [0.5, 0.6) is 0 Å². The molecule has 1 aromatic carbocycles. The summed E-state index contributed by atoms with van der Waals surface area (Å²) in [5.41, 5.74) is 1.04. The van der Waals surface area contributed by atoms with Crippen LogP contribution < -0.4 is 5.32 Å². The van der Waals surface area contributed by atoms with Gasteiger partial charge >= 0.3 is 0 Å². The van der Waals surface area contributed by atoms with Crippen LogP contribution in [0.4, 0.5) is 0 Å². The van der Waals surface area contributed by atoms with Gasteiger partial charge in [0.2, 0.25) is 5.91 Å². The second-order valence-electron chi connectivity index (χ2n) is 6.56. The summed E-state index contributed by atoms with van der Waals surface area (Å²) in [4.78, 5) is 26.6. The Morgan fingerprint density at radius 3 is 2.76 bits per heavy atom. The second-order valence-corrected chi connectivity index (χ2v) is 10.2. The molecule has 2 heterocycles. The summed E-state index contributed by atoms with van der Waals surface area (Å²) in [7, 11) is -3.20. The molecule has 1 aromatic rings. The third-order valence-corrected chi connectivity index (χ3v) is 7.06. The molecule has 9 heteroatoms. The molecule has 0 unspecified atom stereocenters. The molecular weight excluding hydrogens is 428 g/mol. The molecule has 1 saturated heterocycles. The molecule has 29 heavy (non-hydrogen) atoms. The molecule has 1 fully saturated rings. The number of amides is 2. The van der Waals surface area contributed by atoms with E-state index in [1.807, 2.05) is 42.5 Å². The highest BCUT2D eigenvalue weighted by molar-refractivity contribution is 8.26. The minimum absolute atomic E-state index is 0.102. The molecule has 3 rings (SSSR count). The first kappa shape index (κ1) is 21.5. The van der Waals surface area contributed by atoms with Gasteiger partial charge in [0.25, 0.3) is 5.91 Å². The maximum Gasteiger partial charge on any atom is 0.266 e. The predicted molar refractivity (Wildman–Crippen MR) is 120 cm³/mol. The van der Waals surface area contributed by atoms with Gasteiger partial charge in [0.05, 0.1) is 16.7 Å². The lowest BCUT2D eigenvalue weighted by Gasteiger charge is -2.15. The number of nitrogens with one attached hydrogen (secondary N) is 1. The van der Waals surface area contributed by atoms with E-state index in [0.29, 0.717) is 22.2 Å². The van der Waals surface area contributed by atoms with Gasteiger partial charge < -0.3 is 5.32 Å². The third-order valence-electron chi connectivity index (χ3n) is 4.27. The molecule has 2 aliphatic rings. The number of thiocarbonyl (C=S) groups is 1. The smallest absolute Gasteiger partial charge is 0.266 e. The molecule has 1 N–H and O–H groups in total. The quantitative estimate of drug-likeness (QED) is 0.510. The lowest BCUT2D eigenvalue weighted by molar-refractivity contribution is -0.124. The van der Waals surface area contributed by atoms with Gasteiger partial charge in [-0.3, -0.25) is 14.5 Å². The maximum atomic E-state index is 12.5. The highest BCUT2D eigenvalue weighted by Gasteiger charge is 2.31. The Morgan fingerprint density at radius 2 is 2.07 bits per heavy atom. The van der Waals surface area contributed by atoms with Gasteiger partial charge in [-0.05, 0) is 24.1 Å². The Morgan fingerprint density at radius 1 is 1.31 bits per heavy atom. The Bertz CT molecular complexity index is 998. The van der Waals surface area contributed by atoms with E-state index >= 15 is 0 Å². The van der Waals surface area contributed by atoms with E-state index in [0.717, 1.165) is 11.0 Å². The summed E-state index contributed by atoms with van der Waals surface area (Å²) in [6.45, 7) is 0.344. The lowest BCUT2D eigenvalue weighted by atomic mass is 10.2. The van der Waals surface area contributed by atoms with Gasteiger partial charge in [0.15, 0.2) is 9.84 Å². The van der Waals surface area contributed by atoms with Crippen molar-refractivity contribution in [1.82, 2.24) is 10.2 Å². The largest absolute Gasteiger partial charge is 0.349 e. The Balaban J connectivity index is 1.46. The molecule has 2 amide bonds. The minimum Gasteiger partial charge on any atom is -0.349 e. The normalized spacial score (nSPS) is 22.1. The van der Waals surface area contributed by atoms with Crippen LogP contribution in [-0.4, -0.2) is 47.8 Å². The van der Waals surface area contributed by atoms with Crippen molar-refractivity contribution in [3.63, 3.8) is 0 Å². The third kappa shape index (κ3) is 6.12. The Hall–Kier alpha value is -2.23. The van der Waals surface area contributed by atoms with Crippen LogP contribution in [-0.2, 0) is 19.4 Å². The molecular formula is C20H20N2O4S3. The number of thioether (sulfide) groups is 1. The summed E-state index contributed by atoms with van der Waals surface area (Å²) < 4.78 is 23.2. The van der Waals surface area contributed by atoms with Crippen molar-refractivity contribution in [2.24, 2.45) is 0 Å². The van der Waals surface area contributed by atoms with Gasteiger partial charge in [-0.1, -0.05) is 66.5 Å². The SMILES string of the molecule is O=C(CCCN1C(=O)/C(=C\C=C\c2ccccc2)SC1=S)N[C@@H]1C=CS(=O)(=O)C1. The maximum absolute atomic E-state index is 12.5. The molecule has 2 aliphatic heterocycles. The van der Waals surface area contributed by atoms with Crippen molar-refractivity contribution in [2.75, 3.05) is 12.3 Å². The number of allylic oxidation sites excluding steroid dienone is 2. The zero-order valence-corrected chi connectivity index (χ0v) is 17.9. The highest BCUT2D eigenvalue weighted by Crippen LogP contribution is 2.31. The first-order valence-electron chi connectivity index (χ1n) is 9.01. The summed E-state index contributed by atoms with van der Waals surface area (Å²) in [5.74, 6) is -0.513. The number of hydrogen-bond acceptors (Lipinski definition) is 6.